The van der Waals surface area contributed by atoms with Crippen LogP contribution in [-0.4, -0.2) is 88.6 Å². The van der Waals surface area contributed by atoms with Crippen LogP contribution in [0.3, 0.4) is 0 Å². The van der Waals surface area contributed by atoms with Crippen molar-refractivity contribution in [2.75, 3.05) is 25.0 Å². The Morgan fingerprint density at radius 2 is 1.12 bits per heavy atom. The summed E-state index contributed by atoms with van der Waals surface area (Å²) in [5.74, 6) is -0.583. The van der Waals surface area contributed by atoms with E-state index in [1.165, 1.54) is 13.8 Å². The first-order valence-corrected chi connectivity index (χ1v) is 16.8. The number of carbonyl (C=O) groups excluding carboxylic acids is 7. The summed E-state index contributed by atoms with van der Waals surface area (Å²) in [4.78, 5) is 90.4. The molecule has 4 heterocycles. The minimum atomic E-state index is -0.393. The Bertz CT molecular complexity index is 2010. The monoisotopic (exact) mass is 1020 g/mol. The molecular weight excluding hydrogens is 967 g/mol. The number of nitrogens with one attached hydrogen (secondary N) is 3. The Morgan fingerprint density at radius 3 is 1.54 bits per heavy atom. The molecule has 3 N–H and O–H groups in total. The number of Topliss-reactive ketones (excluding diaryl/α,β-unsaturated/α-hetero) is 5. The van der Waals surface area contributed by atoms with Gasteiger partial charge in [0.2, 0.25) is 0 Å². The van der Waals surface area contributed by atoms with E-state index in [1.807, 2.05) is 0 Å². The van der Waals surface area contributed by atoms with Gasteiger partial charge in [-0.1, -0.05) is 6.20 Å². The Hall–Kier alpha value is -4.40. The molecular formula is C38H50N9O7WY-. The fraction of sp³-hybridized carbons (Fsp3) is 0.368. The zero-order valence-electron chi connectivity index (χ0n) is 33.1. The van der Waals surface area contributed by atoms with Crippen molar-refractivity contribution in [3.05, 3.63) is 98.2 Å². The average molecular weight is 1020 g/mol. The number of anilines is 1. The van der Waals surface area contributed by atoms with Crippen molar-refractivity contribution < 1.29 is 87.3 Å². The molecule has 0 saturated carbocycles. The minimum absolute atomic E-state index is 0. The van der Waals surface area contributed by atoms with Crippen LogP contribution in [0, 0.1) is 21.3 Å². The fourth-order valence-electron chi connectivity index (χ4n) is 5.33. The molecule has 56 heavy (non-hydrogen) atoms. The molecule has 0 unspecified atom stereocenters. The number of nitrogens with zero attached hydrogens (tertiary/aromatic N) is 6. The zero-order chi connectivity index (χ0) is 39.4. The number of ketones is 5. The van der Waals surface area contributed by atoms with Crippen molar-refractivity contribution in [2.45, 2.75) is 46.0 Å². The molecule has 4 aromatic heterocycles. The number of aromatic nitrogens is 6. The second-order valence-corrected chi connectivity index (χ2v) is 12.7. The smallest absolute Gasteiger partial charge is 0.409 e. The second kappa shape index (κ2) is 24.3. The van der Waals surface area contributed by atoms with Crippen LogP contribution in [0.15, 0.2) is 36.9 Å². The number of carbonyl (C=O) groups is 7. The van der Waals surface area contributed by atoms with E-state index >= 15 is 0 Å². The van der Waals surface area contributed by atoms with Crippen LogP contribution < -0.4 is 16.0 Å². The van der Waals surface area contributed by atoms with Crippen molar-refractivity contribution in [2.24, 2.45) is 28.2 Å². The predicted octanol–water partition coefficient (Wildman–Crippen LogP) is 2.62. The minimum Gasteiger partial charge on any atom is -0.409 e. The number of imidazole rings is 2. The Morgan fingerprint density at radius 1 is 0.661 bits per heavy atom. The molecule has 0 aliphatic heterocycles. The molecule has 0 aliphatic rings. The van der Waals surface area contributed by atoms with Gasteiger partial charge in [0.25, 0.3) is 11.8 Å². The number of rotatable bonds is 18. The van der Waals surface area contributed by atoms with Gasteiger partial charge in [-0.2, -0.15) is 19.4 Å². The van der Waals surface area contributed by atoms with E-state index in [2.05, 4.69) is 39.8 Å². The van der Waals surface area contributed by atoms with E-state index in [0.29, 0.717) is 41.6 Å². The predicted molar refractivity (Wildman–Crippen MR) is 203 cm³/mol. The summed E-state index contributed by atoms with van der Waals surface area (Å²) < 4.78 is 6.52. The molecule has 0 spiro atoms. The summed E-state index contributed by atoms with van der Waals surface area (Å²) in [5, 5.41) is 8.54. The summed E-state index contributed by atoms with van der Waals surface area (Å²) in [6.07, 6.45) is 7.84. The first-order chi connectivity index (χ1) is 24.9. The van der Waals surface area contributed by atoms with Crippen molar-refractivity contribution in [1.29, 1.82) is 0 Å². The molecule has 0 bridgehead atoms. The maximum atomic E-state index is 12.3. The molecule has 1 radical (unpaired) electrons. The zero-order valence-corrected chi connectivity index (χ0v) is 38.8. The molecule has 4 aromatic rings. The topological polar surface area (TPSA) is 201 Å². The molecule has 4 rings (SSSR count). The van der Waals surface area contributed by atoms with Gasteiger partial charge in [-0.25, -0.2) is 4.98 Å². The second-order valence-electron chi connectivity index (χ2n) is 12.7. The normalized spacial score (nSPS) is 10.0. The van der Waals surface area contributed by atoms with Gasteiger partial charge in [-0.05, 0) is 27.1 Å². The summed E-state index contributed by atoms with van der Waals surface area (Å²) in [6.45, 7) is 11.0. The Kier molecular flexibility index (Phi) is 22.4. The number of hydrogen-bond acceptors (Lipinski definition) is 10. The van der Waals surface area contributed by atoms with Crippen LogP contribution in [0.1, 0.15) is 92.3 Å². The Balaban J connectivity index is 0.00000104. The van der Waals surface area contributed by atoms with Crippen molar-refractivity contribution in [3.8, 4) is 0 Å². The summed E-state index contributed by atoms with van der Waals surface area (Å²) in [7, 11) is 6.90. The molecule has 0 aliphatic carbocycles. The summed E-state index contributed by atoms with van der Waals surface area (Å²) in [6, 6.07) is 3.39. The maximum Gasteiger partial charge on any atom is 2.00 e. The van der Waals surface area contributed by atoms with Crippen molar-refractivity contribution in [1.82, 2.24) is 38.9 Å². The number of amides is 2. The van der Waals surface area contributed by atoms with Gasteiger partial charge >= 0.3 is 21.1 Å². The van der Waals surface area contributed by atoms with Crippen LogP contribution in [0.25, 0.3) is 0 Å². The third-order valence-electron chi connectivity index (χ3n) is 7.89. The van der Waals surface area contributed by atoms with Gasteiger partial charge in [-0.15, -0.1) is 6.07 Å². The quantitative estimate of drug-likeness (QED) is 0.0984. The van der Waals surface area contributed by atoms with Crippen LogP contribution in [0.4, 0.5) is 5.69 Å². The van der Waals surface area contributed by atoms with Crippen LogP contribution in [-0.2, 0) is 109 Å². The average Bonchev–Trinajstić information content (AvgIpc) is 3.82. The molecule has 299 valence electrons. The number of aryl methyl sites for hydroxylation is 4. The van der Waals surface area contributed by atoms with Crippen molar-refractivity contribution in [3.63, 3.8) is 0 Å². The number of hydrogen-bond donors (Lipinski definition) is 3. The molecule has 0 atom stereocenters. The van der Waals surface area contributed by atoms with Gasteiger partial charge in [0.05, 0.1) is 23.6 Å². The molecule has 0 aromatic carbocycles. The van der Waals surface area contributed by atoms with E-state index < -0.39 is 5.78 Å². The third kappa shape index (κ3) is 16.0. The van der Waals surface area contributed by atoms with Crippen LogP contribution >= 0.6 is 0 Å². The summed E-state index contributed by atoms with van der Waals surface area (Å²) >= 11 is 0. The molecule has 16 nitrogen and oxygen atoms in total. The van der Waals surface area contributed by atoms with Gasteiger partial charge in [0.1, 0.15) is 23.0 Å². The van der Waals surface area contributed by atoms with E-state index in [1.54, 1.807) is 83.4 Å². The van der Waals surface area contributed by atoms with E-state index in [4.69, 9.17) is 0 Å². The van der Waals surface area contributed by atoms with Gasteiger partial charge in [-0.3, -0.25) is 28.8 Å². The van der Waals surface area contributed by atoms with Gasteiger partial charge < -0.3 is 51.4 Å². The van der Waals surface area contributed by atoms with Gasteiger partial charge in [0, 0.05) is 135 Å². The van der Waals surface area contributed by atoms with Crippen LogP contribution in [0.2, 0.25) is 0 Å². The van der Waals surface area contributed by atoms with E-state index in [0.717, 1.165) is 11.3 Å². The molecule has 0 fully saturated rings. The third-order valence-corrected chi connectivity index (χ3v) is 7.89. The first-order valence-electron chi connectivity index (χ1n) is 16.8. The van der Waals surface area contributed by atoms with E-state index in [-0.39, 0.29) is 141 Å². The molecule has 18 heteroatoms. The first kappa shape index (κ1) is 51.6. The SMILES string of the molecule is CC(=O)CCNc1cc(C(=O)NCCC(=O)Cc2cn(C)c(C(C)=O)n2)n(C)c1.[CH2-]C(=O)c1nc(CC(=O)CCNC(=O)c2cc([CH2-])cn2C)cn1C.[CH3-].[W+2].[Y]. The molecule has 2 amide bonds. The Labute approximate surface area is 367 Å². The largest absolute Gasteiger partial charge is 2.00 e. The van der Waals surface area contributed by atoms with Crippen LogP contribution in [0.5, 0.6) is 0 Å². The van der Waals surface area contributed by atoms with E-state index in [9.17, 15) is 33.6 Å². The maximum absolute atomic E-state index is 12.3. The molecule has 0 saturated heterocycles. The fourth-order valence-corrected chi connectivity index (χ4v) is 5.33. The van der Waals surface area contributed by atoms with Crippen molar-refractivity contribution >= 4 is 46.4 Å². The summed E-state index contributed by atoms with van der Waals surface area (Å²) in [5.41, 5.74) is 3.52. The van der Waals surface area contributed by atoms with Gasteiger partial charge in [0.15, 0.2) is 11.6 Å². The standard InChI is InChI=1S/C20H27N5O4.C17H20N4O3.CH3.W.Y/c1-13(26)5-7-21-15-10-18(24(3)11-15)20(29)22-8-6-17(28)9-16-12-25(4)19(23-16)14(2)27;1-11-7-15(20(3)9-11)17(24)18-6-5-14(23)8-13-10-21(4)16(19-13)12(2)22;;;/h10-12,21H,5-9H2,1-4H3,(H,22,29);7,9-10H,1-2,5-6,8H2,3-4H3,(H,18,24);1H3;;/q;-2;-1;+2;.